The van der Waals surface area contributed by atoms with Gasteiger partial charge in [0.2, 0.25) is 5.91 Å². The van der Waals surface area contributed by atoms with Crippen LogP contribution >= 0.6 is 0 Å². The molecule has 6 nitrogen and oxygen atoms in total. The Morgan fingerprint density at radius 1 is 1.40 bits per heavy atom. The van der Waals surface area contributed by atoms with E-state index in [1.54, 1.807) is 0 Å². The van der Waals surface area contributed by atoms with Gasteiger partial charge in [0, 0.05) is 44.6 Å². The largest absolute Gasteiger partial charge is 0.388 e. The van der Waals surface area contributed by atoms with Gasteiger partial charge in [0.15, 0.2) is 0 Å². The molecule has 1 aliphatic rings. The Morgan fingerprint density at radius 2 is 2.10 bits per heavy atom. The quantitative estimate of drug-likeness (QED) is 0.837. The molecule has 0 atom stereocenters. The van der Waals surface area contributed by atoms with Gasteiger partial charge in [-0.15, -0.1) is 0 Å². The molecule has 2 rings (SSSR count). The van der Waals surface area contributed by atoms with E-state index in [4.69, 9.17) is 9.26 Å². The van der Waals surface area contributed by atoms with Crippen molar-refractivity contribution in [3.8, 4) is 0 Å². The van der Waals surface area contributed by atoms with Gasteiger partial charge in [-0.2, -0.15) is 0 Å². The molecule has 0 radical (unpaired) electrons. The van der Waals surface area contributed by atoms with Crippen LogP contribution in [0.4, 0.5) is 0 Å². The summed E-state index contributed by atoms with van der Waals surface area (Å²) in [6.45, 7) is 5.10. The molecule has 1 aromatic rings. The van der Waals surface area contributed by atoms with Crippen LogP contribution in [-0.4, -0.2) is 41.5 Å². The van der Waals surface area contributed by atoms with Gasteiger partial charge in [0.1, 0.15) is 5.76 Å². The lowest BCUT2D eigenvalue weighted by Gasteiger charge is -2.32. The number of aromatic nitrogens is 1. The monoisotopic (exact) mass is 282 g/mol. The maximum absolute atomic E-state index is 11.8. The van der Waals surface area contributed by atoms with Crippen LogP contribution in [-0.2, 0) is 16.0 Å². The van der Waals surface area contributed by atoms with E-state index in [0.29, 0.717) is 38.9 Å². The van der Waals surface area contributed by atoms with Crippen molar-refractivity contribution in [1.82, 2.24) is 10.5 Å². The molecule has 6 heteroatoms. The number of aliphatic hydroxyl groups is 1. The molecule has 20 heavy (non-hydrogen) atoms. The molecule has 0 spiro atoms. The molecule has 2 heterocycles. The molecule has 1 aliphatic heterocycles. The number of hydrogen-bond acceptors (Lipinski definition) is 5. The standard InChI is InChI=1S/C14H22N2O4/c1-10-12(11(2)20-16-10)3-4-13(17)15-9-14(18)5-7-19-8-6-14/h18H,3-9H2,1-2H3,(H,15,17). The fourth-order valence-corrected chi connectivity index (χ4v) is 2.38. The molecule has 0 unspecified atom stereocenters. The third kappa shape index (κ3) is 3.80. The highest BCUT2D eigenvalue weighted by atomic mass is 16.5. The third-order valence-electron chi connectivity index (χ3n) is 3.82. The SMILES string of the molecule is Cc1noc(C)c1CCC(=O)NCC1(O)CCOCC1. The summed E-state index contributed by atoms with van der Waals surface area (Å²) in [5, 5.41) is 16.9. The van der Waals surface area contributed by atoms with Crippen LogP contribution in [0.1, 0.15) is 36.3 Å². The number of rotatable bonds is 5. The molecule has 1 amide bonds. The molecule has 112 valence electrons. The van der Waals surface area contributed by atoms with Crippen LogP contribution in [0.25, 0.3) is 0 Å². The van der Waals surface area contributed by atoms with Crippen molar-refractivity contribution in [2.75, 3.05) is 19.8 Å². The minimum Gasteiger partial charge on any atom is -0.388 e. The highest BCUT2D eigenvalue weighted by Crippen LogP contribution is 2.19. The second kappa shape index (κ2) is 6.37. The summed E-state index contributed by atoms with van der Waals surface area (Å²) < 4.78 is 10.3. The topological polar surface area (TPSA) is 84.6 Å². The lowest BCUT2D eigenvalue weighted by molar-refractivity contribution is -0.123. The van der Waals surface area contributed by atoms with E-state index in [1.165, 1.54) is 0 Å². The van der Waals surface area contributed by atoms with Gasteiger partial charge in [-0.3, -0.25) is 4.79 Å². The van der Waals surface area contributed by atoms with Crippen molar-refractivity contribution in [2.45, 2.75) is 45.1 Å². The summed E-state index contributed by atoms with van der Waals surface area (Å²) >= 11 is 0. The number of nitrogens with one attached hydrogen (secondary N) is 1. The number of hydrogen-bond donors (Lipinski definition) is 2. The van der Waals surface area contributed by atoms with Crippen LogP contribution in [0.2, 0.25) is 0 Å². The van der Waals surface area contributed by atoms with Crippen molar-refractivity contribution < 1.29 is 19.2 Å². The van der Waals surface area contributed by atoms with Crippen LogP contribution in [0, 0.1) is 13.8 Å². The predicted molar refractivity (Wildman–Crippen MR) is 72.3 cm³/mol. The van der Waals surface area contributed by atoms with Gasteiger partial charge >= 0.3 is 0 Å². The summed E-state index contributed by atoms with van der Waals surface area (Å²) in [5.74, 6) is 0.697. The van der Waals surface area contributed by atoms with E-state index in [0.717, 1.165) is 17.0 Å². The molecule has 0 aromatic carbocycles. The molecule has 1 saturated heterocycles. The summed E-state index contributed by atoms with van der Waals surface area (Å²) in [4.78, 5) is 11.8. The van der Waals surface area contributed by atoms with E-state index in [9.17, 15) is 9.90 Å². The minimum atomic E-state index is -0.822. The number of amides is 1. The number of nitrogens with zero attached hydrogens (tertiary/aromatic N) is 1. The van der Waals surface area contributed by atoms with E-state index in [-0.39, 0.29) is 12.5 Å². The Kier molecular flexibility index (Phi) is 4.77. The molecule has 2 N–H and O–H groups in total. The average Bonchev–Trinajstić information content (AvgIpc) is 2.74. The van der Waals surface area contributed by atoms with Crippen LogP contribution in [0.15, 0.2) is 4.52 Å². The number of carbonyl (C=O) groups is 1. The van der Waals surface area contributed by atoms with E-state index in [2.05, 4.69) is 10.5 Å². The smallest absolute Gasteiger partial charge is 0.220 e. The Balaban J connectivity index is 1.75. The summed E-state index contributed by atoms with van der Waals surface area (Å²) in [5.41, 5.74) is 1.00. The summed E-state index contributed by atoms with van der Waals surface area (Å²) in [6, 6.07) is 0. The fraction of sp³-hybridized carbons (Fsp3) is 0.714. The van der Waals surface area contributed by atoms with Crippen molar-refractivity contribution in [3.63, 3.8) is 0 Å². The lowest BCUT2D eigenvalue weighted by atomic mass is 9.94. The minimum absolute atomic E-state index is 0.0649. The highest BCUT2D eigenvalue weighted by Gasteiger charge is 2.30. The number of aryl methyl sites for hydroxylation is 2. The Hall–Kier alpha value is -1.40. The van der Waals surface area contributed by atoms with Gasteiger partial charge in [0.25, 0.3) is 0 Å². The van der Waals surface area contributed by atoms with Crippen LogP contribution < -0.4 is 5.32 Å². The third-order valence-corrected chi connectivity index (χ3v) is 3.82. The maximum atomic E-state index is 11.8. The van der Waals surface area contributed by atoms with Gasteiger partial charge in [0.05, 0.1) is 11.3 Å². The number of carbonyl (C=O) groups excluding carboxylic acids is 1. The normalized spacial score (nSPS) is 17.9. The average molecular weight is 282 g/mol. The van der Waals surface area contributed by atoms with E-state index < -0.39 is 5.60 Å². The molecule has 1 fully saturated rings. The van der Waals surface area contributed by atoms with Crippen molar-refractivity contribution in [3.05, 3.63) is 17.0 Å². The van der Waals surface area contributed by atoms with Crippen molar-refractivity contribution in [2.24, 2.45) is 0 Å². The first-order valence-electron chi connectivity index (χ1n) is 6.99. The van der Waals surface area contributed by atoms with E-state index >= 15 is 0 Å². The summed E-state index contributed by atoms with van der Waals surface area (Å²) in [7, 11) is 0. The van der Waals surface area contributed by atoms with E-state index in [1.807, 2.05) is 13.8 Å². The van der Waals surface area contributed by atoms with Crippen LogP contribution in [0.3, 0.4) is 0 Å². The highest BCUT2D eigenvalue weighted by molar-refractivity contribution is 5.76. The zero-order valence-corrected chi connectivity index (χ0v) is 12.1. The Labute approximate surface area is 118 Å². The fourth-order valence-electron chi connectivity index (χ4n) is 2.38. The maximum Gasteiger partial charge on any atom is 0.220 e. The second-order valence-electron chi connectivity index (χ2n) is 5.42. The Bertz CT molecular complexity index is 444. The second-order valence-corrected chi connectivity index (χ2v) is 5.42. The lowest BCUT2D eigenvalue weighted by Crippen LogP contribution is -2.46. The van der Waals surface area contributed by atoms with Crippen molar-refractivity contribution in [1.29, 1.82) is 0 Å². The Morgan fingerprint density at radius 3 is 2.70 bits per heavy atom. The molecular formula is C14H22N2O4. The predicted octanol–water partition coefficient (Wildman–Crippen LogP) is 0.882. The molecular weight excluding hydrogens is 260 g/mol. The first-order chi connectivity index (χ1) is 9.50. The first kappa shape index (κ1) is 15.0. The molecule has 0 bridgehead atoms. The van der Waals surface area contributed by atoms with Gasteiger partial charge in [-0.1, -0.05) is 5.16 Å². The molecule has 0 aliphatic carbocycles. The molecule has 0 saturated carbocycles. The number of ether oxygens (including phenoxy) is 1. The first-order valence-corrected chi connectivity index (χ1v) is 6.99. The van der Waals surface area contributed by atoms with Gasteiger partial charge in [-0.25, -0.2) is 0 Å². The van der Waals surface area contributed by atoms with Gasteiger partial charge in [-0.05, 0) is 20.3 Å². The van der Waals surface area contributed by atoms with Gasteiger partial charge < -0.3 is 19.7 Å². The molecule has 1 aromatic heterocycles. The zero-order valence-electron chi connectivity index (χ0n) is 12.1. The zero-order chi connectivity index (χ0) is 14.6. The van der Waals surface area contributed by atoms with Crippen LogP contribution in [0.5, 0.6) is 0 Å². The summed E-state index contributed by atoms with van der Waals surface area (Å²) in [6.07, 6.45) is 2.11. The van der Waals surface area contributed by atoms with Crippen molar-refractivity contribution >= 4 is 5.91 Å².